The van der Waals surface area contributed by atoms with E-state index in [0.29, 0.717) is 9.76 Å². The zero-order valence-corrected chi connectivity index (χ0v) is 15.1. The molecule has 0 aliphatic heterocycles. The van der Waals surface area contributed by atoms with Crippen molar-refractivity contribution in [3.05, 3.63) is 36.1 Å². The zero-order chi connectivity index (χ0) is 15.2. The van der Waals surface area contributed by atoms with Gasteiger partial charge in [0.2, 0.25) is 8.32 Å². The second kappa shape index (κ2) is 7.54. The number of hydrogen-bond donors (Lipinski definition) is 0. The molecule has 0 bridgehead atoms. The van der Waals surface area contributed by atoms with Crippen LogP contribution in [0, 0.1) is 0 Å². The van der Waals surface area contributed by atoms with Crippen LogP contribution in [0.15, 0.2) is 30.5 Å². The molecule has 0 fully saturated rings. The second-order valence-electron chi connectivity index (χ2n) is 5.54. The van der Waals surface area contributed by atoms with Crippen molar-refractivity contribution in [2.24, 2.45) is 0 Å². The highest BCUT2D eigenvalue weighted by Crippen LogP contribution is 2.30. The summed E-state index contributed by atoms with van der Waals surface area (Å²) >= 11 is 0. The van der Waals surface area contributed by atoms with E-state index in [2.05, 4.69) is 32.3 Å². The molecule has 20 heavy (non-hydrogen) atoms. The molecule has 0 N–H and O–H groups in total. The molecule has 1 rings (SSSR count). The lowest BCUT2D eigenvalue weighted by atomic mass is 10.1. The summed E-state index contributed by atoms with van der Waals surface area (Å²) in [6, 6.07) is 6.12. The predicted molar refractivity (Wildman–Crippen MR) is 87.1 cm³/mol. The molecule has 110 valence electrons. The van der Waals surface area contributed by atoms with Crippen molar-refractivity contribution in [1.82, 2.24) is 0 Å². The third-order valence-electron chi connectivity index (χ3n) is 2.58. The lowest BCUT2D eigenvalue weighted by Crippen LogP contribution is -2.29. The molecule has 0 saturated heterocycles. The fourth-order valence-electron chi connectivity index (χ4n) is 1.76. The van der Waals surface area contributed by atoms with E-state index in [-0.39, 0.29) is 0 Å². The van der Waals surface area contributed by atoms with Gasteiger partial charge in [0.15, 0.2) is 5.75 Å². The molecule has 3 nitrogen and oxygen atoms in total. The molecule has 0 unspecified atom stereocenters. The zero-order valence-electron chi connectivity index (χ0n) is 13.1. The highest BCUT2D eigenvalue weighted by atomic mass is 28.4. The standard InChI is InChI=1S/C15H24O3Si2/c1-12(17-19-3)7-8-13-9-10-14(15(11-13)16-2)18-20(4,5)6/h9-11H,1,7-8H2,2-6H3. The molecule has 0 saturated carbocycles. The lowest BCUT2D eigenvalue weighted by molar-refractivity contribution is 0.391. The van der Waals surface area contributed by atoms with Crippen LogP contribution in [0.5, 0.6) is 11.5 Å². The maximum atomic E-state index is 6.02. The first-order valence-corrected chi connectivity index (χ1v) is 11.5. The van der Waals surface area contributed by atoms with Gasteiger partial charge in [0, 0.05) is 6.42 Å². The van der Waals surface area contributed by atoms with E-state index in [1.54, 1.807) is 7.11 Å². The van der Waals surface area contributed by atoms with E-state index in [0.717, 1.165) is 30.1 Å². The van der Waals surface area contributed by atoms with Gasteiger partial charge in [-0.25, -0.2) is 0 Å². The molecule has 0 heterocycles. The van der Waals surface area contributed by atoms with Gasteiger partial charge in [-0.2, -0.15) is 0 Å². The molecule has 5 heteroatoms. The Labute approximate surface area is 126 Å². The van der Waals surface area contributed by atoms with Crippen molar-refractivity contribution < 1.29 is 13.6 Å². The maximum Gasteiger partial charge on any atom is 0.306 e. The molecule has 2 radical (unpaired) electrons. The number of hydrogen-bond acceptors (Lipinski definition) is 3. The summed E-state index contributed by atoms with van der Waals surface area (Å²) in [5.41, 5.74) is 1.20. The van der Waals surface area contributed by atoms with E-state index >= 15 is 0 Å². The van der Waals surface area contributed by atoms with Crippen LogP contribution in [0.25, 0.3) is 0 Å². The van der Waals surface area contributed by atoms with Crippen molar-refractivity contribution in [2.75, 3.05) is 7.11 Å². The van der Waals surface area contributed by atoms with E-state index < -0.39 is 8.32 Å². The van der Waals surface area contributed by atoms with Gasteiger partial charge >= 0.3 is 9.76 Å². The molecule has 0 aromatic heterocycles. The van der Waals surface area contributed by atoms with Crippen LogP contribution in [0.1, 0.15) is 12.0 Å². The number of ether oxygens (including phenoxy) is 1. The SMILES string of the molecule is C=C(CCc1ccc(O[Si](C)(C)C)c(OC)c1)O[Si]C. The van der Waals surface area contributed by atoms with Crippen LogP contribution in [0.2, 0.25) is 26.2 Å². The Morgan fingerprint density at radius 1 is 1.25 bits per heavy atom. The third-order valence-corrected chi connectivity index (χ3v) is 3.91. The summed E-state index contributed by atoms with van der Waals surface area (Å²) < 4.78 is 16.8. The first-order chi connectivity index (χ1) is 9.35. The topological polar surface area (TPSA) is 27.7 Å². The van der Waals surface area contributed by atoms with Crippen LogP contribution in [0.3, 0.4) is 0 Å². The van der Waals surface area contributed by atoms with Crippen LogP contribution in [-0.4, -0.2) is 25.2 Å². The average Bonchev–Trinajstić information content (AvgIpc) is 2.36. The van der Waals surface area contributed by atoms with Crippen molar-refractivity contribution >= 4 is 18.1 Å². The van der Waals surface area contributed by atoms with Crippen LogP contribution in [-0.2, 0) is 10.8 Å². The summed E-state index contributed by atoms with van der Waals surface area (Å²) in [6.07, 6.45) is 1.73. The Morgan fingerprint density at radius 2 is 1.95 bits per heavy atom. The molecule has 0 atom stereocenters. The van der Waals surface area contributed by atoms with Crippen molar-refractivity contribution in [3.63, 3.8) is 0 Å². The number of methoxy groups -OCH3 is 1. The van der Waals surface area contributed by atoms with E-state index in [1.165, 1.54) is 5.56 Å². The van der Waals surface area contributed by atoms with Gasteiger partial charge < -0.3 is 13.6 Å². The van der Waals surface area contributed by atoms with E-state index in [1.807, 2.05) is 18.7 Å². The third kappa shape index (κ3) is 5.84. The normalized spacial score (nSPS) is 11.1. The maximum absolute atomic E-state index is 6.02. The largest absolute Gasteiger partial charge is 0.545 e. The summed E-state index contributed by atoms with van der Waals surface area (Å²) in [4.78, 5) is 0. The fourth-order valence-corrected chi connectivity index (χ4v) is 2.98. The number of benzene rings is 1. The van der Waals surface area contributed by atoms with Crippen LogP contribution < -0.4 is 9.16 Å². The Balaban J connectivity index is 2.74. The Morgan fingerprint density at radius 3 is 2.50 bits per heavy atom. The van der Waals surface area contributed by atoms with Crippen molar-refractivity contribution in [1.29, 1.82) is 0 Å². The van der Waals surface area contributed by atoms with Gasteiger partial charge in [0.1, 0.15) is 5.75 Å². The predicted octanol–water partition coefficient (Wildman–Crippen LogP) is 4.04. The monoisotopic (exact) mass is 308 g/mol. The molecule has 0 amide bonds. The summed E-state index contributed by atoms with van der Waals surface area (Å²) in [6.45, 7) is 12.4. The molecular weight excluding hydrogens is 284 g/mol. The van der Waals surface area contributed by atoms with Gasteiger partial charge in [-0.1, -0.05) is 12.6 Å². The molecular formula is C15H24O3Si2. The molecule has 1 aromatic rings. The number of allylic oxidation sites excluding steroid dienone is 1. The smallest absolute Gasteiger partial charge is 0.306 e. The highest BCUT2D eigenvalue weighted by molar-refractivity contribution is 6.70. The summed E-state index contributed by atoms with van der Waals surface area (Å²) in [5.74, 6) is 2.47. The second-order valence-corrected chi connectivity index (χ2v) is 10.6. The first-order valence-electron chi connectivity index (χ1n) is 6.73. The van der Waals surface area contributed by atoms with Gasteiger partial charge in [-0.3, -0.25) is 0 Å². The van der Waals surface area contributed by atoms with Crippen molar-refractivity contribution in [2.45, 2.75) is 39.0 Å². The van der Waals surface area contributed by atoms with E-state index in [9.17, 15) is 0 Å². The fraction of sp³-hybridized carbons (Fsp3) is 0.467. The van der Waals surface area contributed by atoms with Gasteiger partial charge in [-0.05, 0) is 50.3 Å². The summed E-state index contributed by atoms with van der Waals surface area (Å²) in [7, 11) is 0.509. The Bertz CT molecular complexity index is 453. The van der Waals surface area contributed by atoms with E-state index in [4.69, 9.17) is 13.6 Å². The molecule has 0 spiro atoms. The minimum Gasteiger partial charge on any atom is -0.545 e. The molecule has 1 aromatic carbocycles. The van der Waals surface area contributed by atoms with Crippen LogP contribution >= 0.6 is 0 Å². The van der Waals surface area contributed by atoms with Crippen molar-refractivity contribution in [3.8, 4) is 11.5 Å². The van der Waals surface area contributed by atoms with Gasteiger partial charge in [-0.15, -0.1) is 0 Å². The highest BCUT2D eigenvalue weighted by Gasteiger charge is 2.18. The number of aryl methyl sites for hydroxylation is 1. The Kier molecular flexibility index (Phi) is 6.35. The lowest BCUT2D eigenvalue weighted by Gasteiger charge is -2.21. The molecule has 0 aliphatic carbocycles. The minimum atomic E-state index is -1.62. The first kappa shape index (κ1) is 16.8. The quantitative estimate of drug-likeness (QED) is 0.536. The minimum absolute atomic E-state index is 0.455. The van der Waals surface area contributed by atoms with Gasteiger partial charge in [0.25, 0.3) is 0 Å². The average molecular weight is 309 g/mol. The molecule has 0 aliphatic rings. The van der Waals surface area contributed by atoms with Crippen LogP contribution in [0.4, 0.5) is 0 Å². The summed E-state index contributed by atoms with van der Waals surface area (Å²) in [5, 5.41) is 0. The van der Waals surface area contributed by atoms with Gasteiger partial charge in [0.05, 0.1) is 12.9 Å². The number of rotatable bonds is 8. The Hall–Kier alpha value is -1.21.